The molecular formula is C18H15F2N3O2. The van der Waals surface area contributed by atoms with E-state index in [9.17, 15) is 18.7 Å². The molecule has 2 aromatic carbocycles. The van der Waals surface area contributed by atoms with E-state index in [1.807, 2.05) is 0 Å². The third-order valence-electron chi connectivity index (χ3n) is 3.61. The van der Waals surface area contributed by atoms with Crippen molar-refractivity contribution in [2.75, 3.05) is 6.54 Å². The average molecular weight is 343 g/mol. The molecule has 128 valence electrons. The second-order valence-corrected chi connectivity index (χ2v) is 5.37. The van der Waals surface area contributed by atoms with Gasteiger partial charge in [0.1, 0.15) is 11.6 Å². The number of amides is 1. The van der Waals surface area contributed by atoms with Crippen LogP contribution in [0.5, 0.6) is 0 Å². The second kappa shape index (κ2) is 7.23. The van der Waals surface area contributed by atoms with Crippen LogP contribution in [0.3, 0.4) is 0 Å². The maximum atomic E-state index is 13.6. The molecule has 5 nitrogen and oxygen atoms in total. The number of nitrogens with zero attached hydrogens (tertiary/aromatic N) is 2. The zero-order valence-electron chi connectivity index (χ0n) is 13.1. The van der Waals surface area contributed by atoms with E-state index in [0.717, 1.165) is 0 Å². The van der Waals surface area contributed by atoms with E-state index >= 15 is 0 Å². The lowest BCUT2D eigenvalue weighted by atomic mass is 10.1. The van der Waals surface area contributed by atoms with Gasteiger partial charge in [0, 0.05) is 18.3 Å². The quantitative estimate of drug-likeness (QED) is 0.748. The number of hydrogen-bond donors (Lipinski definition) is 2. The maximum Gasteiger partial charge on any atom is 0.271 e. The predicted octanol–water partition coefficient (Wildman–Crippen LogP) is 2.61. The smallest absolute Gasteiger partial charge is 0.271 e. The number of carbonyl (C=O) groups is 1. The third kappa shape index (κ3) is 3.89. The molecule has 0 radical (unpaired) electrons. The van der Waals surface area contributed by atoms with Gasteiger partial charge >= 0.3 is 0 Å². The highest BCUT2D eigenvalue weighted by molar-refractivity contribution is 5.92. The number of benzene rings is 2. The summed E-state index contributed by atoms with van der Waals surface area (Å²) in [6.45, 7) is -0.160. The first-order chi connectivity index (χ1) is 12.0. The van der Waals surface area contributed by atoms with Crippen LogP contribution in [0.2, 0.25) is 0 Å². The predicted molar refractivity (Wildman–Crippen MR) is 87.2 cm³/mol. The summed E-state index contributed by atoms with van der Waals surface area (Å²) in [6, 6.07) is 13.1. The molecule has 7 heteroatoms. The van der Waals surface area contributed by atoms with Crippen molar-refractivity contribution in [3.05, 3.63) is 83.7 Å². The van der Waals surface area contributed by atoms with Crippen molar-refractivity contribution in [1.82, 2.24) is 15.1 Å². The van der Waals surface area contributed by atoms with Crippen LogP contribution in [0.15, 0.2) is 60.8 Å². The monoisotopic (exact) mass is 343 g/mol. The summed E-state index contributed by atoms with van der Waals surface area (Å²) in [4.78, 5) is 12.1. The fraction of sp³-hybridized carbons (Fsp3) is 0.111. The number of aliphatic hydroxyl groups excluding tert-OH is 1. The Morgan fingerprint density at radius 3 is 2.72 bits per heavy atom. The van der Waals surface area contributed by atoms with Gasteiger partial charge in [0.2, 0.25) is 0 Å². The summed E-state index contributed by atoms with van der Waals surface area (Å²) in [7, 11) is 0. The fourth-order valence-corrected chi connectivity index (χ4v) is 2.34. The van der Waals surface area contributed by atoms with Crippen molar-refractivity contribution in [3.8, 4) is 5.69 Å². The average Bonchev–Trinajstić information content (AvgIpc) is 3.10. The fourth-order valence-electron chi connectivity index (χ4n) is 2.34. The first-order valence-corrected chi connectivity index (χ1v) is 7.57. The minimum atomic E-state index is -1.17. The van der Waals surface area contributed by atoms with Crippen LogP contribution >= 0.6 is 0 Å². The van der Waals surface area contributed by atoms with Gasteiger partial charge in [-0.15, -0.1) is 0 Å². The Hall–Kier alpha value is -3.06. The van der Waals surface area contributed by atoms with Gasteiger partial charge in [-0.05, 0) is 30.3 Å². The van der Waals surface area contributed by atoms with Crippen molar-refractivity contribution >= 4 is 5.91 Å². The van der Waals surface area contributed by atoms with E-state index in [1.54, 1.807) is 12.1 Å². The molecule has 1 aromatic heterocycles. The van der Waals surface area contributed by atoms with E-state index in [2.05, 4.69) is 10.4 Å². The Balaban J connectivity index is 1.65. The van der Waals surface area contributed by atoms with Gasteiger partial charge in [-0.1, -0.05) is 24.3 Å². The molecule has 1 amide bonds. The zero-order valence-corrected chi connectivity index (χ0v) is 13.1. The Bertz CT molecular complexity index is 895. The highest BCUT2D eigenvalue weighted by atomic mass is 19.1. The number of nitrogens with one attached hydrogen (secondary N) is 1. The van der Waals surface area contributed by atoms with Gasteiger partial charge in [0.15, 0.2) is 5.69 Å². The van der Waals surface area contributed by atoms with E-state index in [4.69, 9.17) is 0 Å². The van der Waals surface area contributed by atoms with Gasteiger partial charge in [0.05, 0.1) is 11.8 Å². The molecule has 1 heterocycles. The van der Waals surface area contributed by atoms with Crippen molar-refractivity contribution in [1.29, 1.82) is 0 Å². The lowest BCUT2D eigenvalue weighted by Gasteiger charge is -2.12. The molecule has 0 saturated carbocycles. The van der Waals surface area contributed by atoms with Crippen molar-refractivity contribution in [2.24, 2.45) is 0 Å². The van der Waals surface area contributed by atoms with Gasteiger partial charge in [0.25, 0.3) is 5.91 Å². The Morgan fingerprint density at radius 1 is 1.16 bits per heavy atom. The highest BCUT2D eigenvalue weighted by Gasteiger charge is 2.15. The molecule has 0 aliphatic carbocycles. The topological polar surface area (TPSA) is 67.2 Å². The molecule has 0 aliphatic heterocycles. The lowest BCUT2D eigenvalue weighted by molar-refractivity contribution is 0.0908. The lowest BCUT2D eigenvalue weighted by Crippen LogP contribution is -2.29. The molecule has 0 saturated heterocycles. The SMILES string of the molecule is O=C(NCC(O)c1ccccc1F)c1ccn(-c2cccc(F)c2)n1. The minimum Gasteiger partial charge on any atom is -0.386 e. The normalized spacial score (nSPS) is 12.0. The first-order valence-electron chi connectivity index (χ1n) is 7.57. The minimum absolute atomic E-state index is 0.102. The van der Waals surface area contributed by atoms with Gasteiger partial charge in [-0.25, -0.2) is 13.5 Å². The molecule has 0 aliphatic rings. The molecule has 1 atom stereocenters. The van der Waals surface area contributed by atoms with Gasteiger partial charge < -0.3 is 10.4 Å². The summed E-state index contributed by atoms with van der Waals surface area (Å²) in [5.41, 5.74) is 0.684. The summed E-state index contributed by atoms with van der Waals surface area (Å²) in [5, 5.41) is 16.6. The number of halogens is 2. The van der Waals surface area contributed by atoms with Crippen LogP contribution in [0.25, 0.3) is 5.69 Å². The maximum absolute atomic E-state index is 13.6. The van der Waals surface area contributed by atoms with E-state index < -0.39 is 23.6 Å². The molecule has 0 fully saturated rings. The van der Waals surface area contributed by atoms with Crippen molar-refractivity contribution in [3.63, 3.8) is 0 Å². The van der Waals surface area contributed by atoms with Gasteiger partial charge in [-0.3, -0.25) is 4.79 Å². The van der Waals surface area contributed by atoms with Crippen LogP contribution in [0.1, 0.15) is 22.2 Å². The van der Waals surface area contributed by atoms with Crippen LogP contribution in [0, 0.1) is 11.6 Å². The van der Waals surface area contributed by atoms with E-state index in [-0.39, 0.29) is 17.8 Å². The first kappa shape index (κ1) is 16.8. The highest BCUT2D eigenvalue weighted by Crippen LogP contribution is 2.16. The van der Waals surface area contributed by atoms with Crippen molar-refractivity contribution in [2.45, 2.75) is 6.10 Å². The molecule has 25 heavy (non-hydrogen) atoms. The van der Waals surface area contributed by atoms with Crippen LogP contribution in [0.4, 0.5) is 8.78 Å². The standard InChI is InChI=1S/C18H15F2N3O2/c19-12-4-3-5-13(10-12)23-9-8-16(22-23)18(25)21-11-17(24)14-6-1-2-7-15(14)20/h1-10,17,24H,11H2,(H,21,25). The molecule has 0 spiro atoms. The molecule has 2 N–H and O–H groups in total. The molecule has 3 rings (SSSR count). The van der Waals surface area contributed by atoms with Crippen LogP contribution in [-0.2, 0) is 0 Å². The molecule has 1 unspecified atom stereocenters. The Labute approximate surface area is 142 Å². The number of hydrogen-bond acceptors (Lipinski definition) is 3. The third-order valence-corrected chi connectivity index (χ3v) is 3.61. The van der Waals surface area contributed by atoms with Crippen LogP contribution in [-0.4, -0.2) is 27.3 Å². The Morgan fingerprint density at radius 2 is 1.96 bits per heavy atom. The number of aromatic nitrogens is 2. The van der Waals surface area contributed by atoms with Gasteiger partial charge in [-0.2, -0.15) is 5.10 Å². The van der Waals surface area contributed by atoms with Crippen LogP contribution < -0.4 is 5.32 Å². The molecular weight excluding hydrogens is 328 g/mol. The summed E-state index contributed by atoms with van der Waals surface area (Å²) < 4.78 is 28.2. The molecule has 3 aromatic rings. The molecule has 0 bridgehead atoms. The zero-order chi connectivity index (χ0) is 17.8. The number of aliphatic hydroxyl groups is 1. The summed E-state index contributed by atoms with van der Waals surface area (Å²) in [5.74, 6) is -1.47. The summed E-state index contributed by atoms with van der Waals surface area (Å²) >= 11 is 0. The van der Waals surface area contributed by atoms with E-state index in [1.165, 1.54) is 53.3 Å². The van der Waals surface area contributed by atoms with E-state index in [0.29, 0.717) is 5.69 Å². The number of carbonyl (C=O) groups excluding carboxylic acids is 1. The summed E-state index contributed by atoms with van der Waals surface area (Å²) in [6.07, 6.45) is 0.354. The Kier molecular flexibility index (Phi) is 4.85. The number of rotatable bonds is 5. The largest absolute Gasteiger partial charge is 0.386 e. The second-order valence-electron chi connectivity index (χ2n) is 5.37. The van der Waals surface area contributed by atoms with Crippen molar-refractivity contribution < 1.29 is 18.7 Å².